The third-order valence-corrected chi connectivity index (χ3v) is 2.26. The maximum absolute atomic E-state index is 13.0. The van der Waals surface area contributed by atoms with Gasteiger partial charge in [-0.1, -0.05) is 11.6 Å². The van der Waals surface area contributed by atoms with Gasteiger partial charge >= 0.3 is 5.69 Å². The summed E-state index contributed by atoms with van der Waals surface area (Å²) in [5.74, 6) is -0.757. The molecule has 1 aromatic carbocycles. The van der Waals surface area contributed by atoms with Crippen LogP contribution in [0.2, 0.25) is 5.02 Å². The number of nitrogens with zero attached hydrogens (tertiary/aromatic N) is 2. The number of nitro groups is 1. The lowest BCUT2D eigenvalue weighted by Gasteiger charge is -2.05. The van der Waals surface area contributed by atoms with Crippen LogP contribution in [0.4, 0.5) is 10.1 Å². The van der Waals surface area contributed by atoms with Crippen molar-refractivity contribution < 1.29 is 14.1 Å². The Morgan fingerprint density at radius 2 is 2.11 bits per heavy atom. The Morgan fingerprint density at radius 1 is 1.33 bits per heavy atom. The molecule has 5 nitrogen and oxygen atoms in total. The Bertz CT molecular complexity index is 589. The van der Waals surface area contributed by atoms with Crippen molar-refractivity contribution in [3.63, 3.8) is 0 Å². The van der Waals surface area contributed by atoms with Crippen molar-refractivity contribution in [1.29, 1.82) is 0 Å². The van der Waals surface area contributed by atoms with E-state index in [9.17, 15) is 14.5 Å². The van der Waals surface area contributed by atoms with Crippen molar-refractivity contribution >= 4 is 17.3 Å². The minimum atomic E-state index is -0.662. The molecular weight excluding hydrogens is 263 g/mol. The first kappa shape index (κ1) is 12.3. The Labute approximate surface area is 106 Å². The van der Waals surface area contributed by atoms with Gasteiger partial charge < -0.3 is 4.74 Å². The van der Waals surface area contributed by atoms with Crippen LogP contribution in [0.15, 0.2) is 36.5 Å². The smallest absolute Gasteiger partial charge is 0.311 e. The van der Waals surface area contributed by atoms with Crippen LogP contribution in [0.3, 0.4) is 0 Å². The van der Waals surface area contributed by atoms with E-state index in [0.717, 1.165) is 18.2 Å². The van der Waals surface area contributed by atoms with Crippen molar-refractivity contribution in [1.82, 2.24) is 4.98 Å². The molecule has 0 radical (unpaired) electrons. The quantitative estimate of drug-likeness (QED) is 0.630. The second-order valence-corrected chi connectivity index (χ2v) is 3.72. The second kappa shape index (κ2) is 4.97. The summed E-state index contributed by atoms with van der Waals surface area (Å²) >= 11 is 5.64. The van der Waals surface area contributed by atoms with Crippen LogP contribution in [0.5, 0.6) is 11.6 Å². The van der Waals surface area contributed by atoms with Crippen LogP contribution >= 0.6 is 11.6 Å². The molecule has 1 aromatic heterocycles. The molecule has 0 unspecified atom stereocenters. The maximum Gasteiger partial charge on any atom is 0.311 e. The van der Waals surface area contributed by atoms with Gasteiger partial charge in [-0.15, -0.1) is 0 Å². The zero-order valence-corrected chi connectivity index (χ0v) is 9.60. The van der Waals surface area contributed by atoms with Crippen molar-refractivity contribution in [3.05, 3.63) is 57.5 Å². The highest BCUT2D eigenvalue weighted by molar-refractivity contribution is 6.30. The maximum atomic E-state index is 13.0. The minimum absolute atomic E-state index is 0.0908. The first-order valence-electron chi connectivity index (χ1n) is 4.79. The van der Waals surface area contributed by atoms with Crippen LogP contribution in [0.25, 0.3) is 0 Å². The molecule has 18 heavy (non-hydrogen) atoms. The van der Waals surface area contributed by atoms with Gasteiger partial charge in [-0.2, -0.15) is 0 Å². The van der Waals surface area contributed by atoms with Crippen molar-refractivity contribution in [3.8, 4) is 11.6 Å². The monoisotopic (exact) mass is 268 g/mol. The summed E-state index contributed by atoms with van der Waals surface area (Å²) in [5.41, 5.74) is -0.340. The summed E-state index contributed by atoms with van der Waals surface area (Å²) in [7, 11) is 0. The van der Waals surface area contributed by atoms with Crippen molar-refractivity contribution in [2.24, 2.45) is 0 Å². The van der Waals surface area contributed by atoms with E-state index in [1.807, 2.05) is 0 Å². The predicted molar refractivity (Wildman–Crippen MR) is 62.4 cm³/mol. The molecule has 7 heteroatoms. The topological polar surface area (TPSA) is 65.3 Å². The van der Waals surface area contributed by atoms with E-state index in [-0.39, 0.29) is 17.3 Å². The van der Waals surface area contributed by atoms with Gasteiger partial charge in [0.15, 0.2) is 0 Å². The average molecular weight is 269 g/mol. The molecule has 0 N–H and O–H groups in total. The normalized spacial score (nSPS) is 10.1. The van der Waals surface area contributed by atoms with Crippen LogP contribution in [-0.2, 0) is 0 Å². The van der Waals surface area contributed by atoms with Gasteiger partial charge in [-0.25, -0.2) is 9.37 Å². The standard InChI is InChI=1S/C11H6ClFN2O3/c12-7-1-4-11(14-6-7)18-10-5-8(13)2-3-9(10)15(16)17/h1-6H. The number of ether oxygens (including phenoxy) is 1. The number of benzene rings is 1. The molecule has 0 atom stereocenters. The molecule has 0 aliphatic heterocycles. The molecule has 0 fully saturated rings. The highest BCUT2D eigenvalue weighted by Gasteiger charge is 2.16. The zero-order valence-electron chi connectivity index (χ0n) is 8.84. The van der Waals surface area contributed by atoms with Crippen LogP contribution in [-0.4, -0.2) is 9.91 Å². The summed E-state index contributed by atoms with van der Waals surface area (Å²) in [5, 5.41) is 11.1. The lowest BCUT2D eigenvalue weighted by atomic mass is 10.3. The lowest BCUT2D eigenvalue weighted by molar-refractivity contribution is -0.385. The van der Waals surface area contributed by atoms with Crippen molar-refractivity contribution in [2.45, 2.75) is 0 Å². The van der Waals surface area contributed by atoms with E-state index in [0.29, 0.717) is 5.02 Å². The summed E-state index contributed by atoms with van der Waals surface area (Å²) in [4.78, 5) is 13.9. The number of rotatable bonds is 3. The van der Waals surface area contributed by atoms with E-state index < -0.39 is 10.7 Å². The number of halogens is 2. The highest BCUT2D eigenvalue weighted by Crippen LogP contribution is 2.31. The third-order valence-electron chi connectivity index (χ3n) is 2.03. The summed E-state index contributed by atoms with van der Waals surface area (Å²) in [6.07, 6.45) is 1.32. The molecule has 1 heterocycles. The summed E-state index contributed by atoms with van der Waals surface area (Å²) in [6, 6.07) is 5.88. The van der Waals surface area contributed by atoms with Gasteiger partial charge in [0, 0.05) is 24.4 Å². The first-order valence-corrected chi connectivity index (χ1v) is 5.17. The van der Waals surface area contributed by atoms with E-state index in [1.165, 1.54) is 18.3 Å². The molecule has 0 amide bonds. The fourth-order valence-electron chi connectivity index (χ4n) is 1.26. The molecule has 0 saturated heterocycles. The highest BCUT2D eigenvalue weighted by atomic mass is 35.5. The Balaban J connectivity index is 2.35. The Hall–Kier alpha value is -2.21. The van der Waals surface area contributed by atoms with E-state index in [4.69, 9.17) is 16.3 Å². The third kappa shape index (κ3) is 2.72. The molecule has 0 bridgehead atoms. The van der Waals surface area contributed by atoms with E-state index in [2.05, 4.69) is 4.98 Å². The predicted octanol–water partition coefficient (Wildman–Crippen LogP) is 3.57. The first-order chi connectivity index (χ1) is 8.56. The van der Waals surface area contributed by atoms with Gasteiger partial charge in [-0.3, -0.25) is 10.1 Å². The molecule has 0 aliphatic rings. The van der Waals surface area contributed by atoms with Crippen LogP contribution in [0, 0.1) is 15.9 Å². The number of nitro benzene ring substituents is 1. The SMILES string of the molecule is O=[N+]([O-])c1ccc(F)cc1Oc1ccc(Cl)cn1. The molecule has 2 rings (SSSR count). The second-order valence-electron chi connectivity index (χ2n) is 3.29. The molecule has 0 spiro atoms. The van der Waals surface area contributed by atoms with Gasteiger partial charge in [0.2, 0.25) is 11.6 Å². The summed E-state index contributed by atoms with van der Waals surface area (Å²) in [6.45, 7) is 0. The number of hydrogen-bond donors (Lipinski definition) is 0. The zero-order chi connectivity index (χ0) is 13.1. The van der Waals surface area contributed by atoms with E-state index in [1.54, 1.807) is 0 Å². The number of aromatic nitrogens is 1. The van der Waals surface area contributed by atoms with E-state index >= 15 is 0 Å². The van der Waals surface area contributed by atoms with Gasteiger partial charge in [0.05, 0.1) is 9.95 Å². The lowest BCUT2D eigenvalue weighted by Crippen LogP contribution is -1.95. The Morgan fingerprint density at radius 3 is 2.72 bits per heavy atom. The number of pyridine rings is 1. The van der Waals surface area contributed by atoms with Gasteiger partial charge in [-0.05, 0) is 12.1 Å². The van der Waals surface area contributed by atoms with Crippen LogP contribution in [0.1, 0.15) is 0 Å². The van der Waals surface area contributed by atoms with Crippen molar-refractivity contribution in [2.75, 3.05) is 0 Å². The minimum Gasteiger partial charge on any atom is -0.432 e. The average Bonchev–Trinajstić information content (AvgIpc) is 2.32. The van der Waals surface area contributed by atoms with Gasteiger partial charge in [0.1, 0.15) is 5.82 Å². The molecular formula is C11H6ClFN2O3. The molecule has 0 aliphatic carbocycles. The van der Waals surface area contributed by atoms with Crippen LogP contribution < -0.4 is 4.74 Å². The fourth-order valence-corrected chi connectivity index (χ4v) is 1.37. The largest absolute Gasteiger partial charge is 0.432 e. The molecule has 2 aromatic rings. The molecule has 0 saturated carbocycles. The summed E-state index contributed by atoms with van der Waals surface area (Å²) < 4.78 is 18.2. The van der Waals surface area contributed by atoms with Gasteiger partial charge in [0.25, 0.3) is 0 Å². The number of hydrogen-bond acceptors (Lipinski definition) is 4. The molecule has 92 valence electrons. The Kier molecular flexibility index (Phi) is 3.38. The fraction of sp³-hybridized carbons (Fsp3) is 0.